The molecule has 1 atom stereocenters. The van der Waals surface area contributed by atoms with E-state index >= 15 is 0 Å². The maximum absolute atomic E-state index is 14.0. The van der Waals surface area contributed by atoms with Gasteiger partial charge in [0.1, 0.15) is 17.3 Å². The fraction of sp³-hybridized carbons (Fsp3) is 0.150. The summed E-state index contributed by atoms with van der Waals surface area (Å²) in [6.07, 6.45) is 0.807. The molecule has 0 aliphatic rings. The van der Waals surface area contributed by atoms with Crippen molar-refractivity contribution in [1.82, 2.24) is 4.90 Å². The maximum atomic E-state index is 14.0. The number of benzene rings is 5. The van der Waals surface area contributed by atoms with Crippen molar-refractivity contribution in [3.8, 4) is 22.6 Å². The Morgan fingerprint density at radius 1 is 0.688 bits per heavy atom. The van der Waals surface area contributed by atoms with Gasteiger partial charge in [0.15, 0.2) is 5.78 Å². The van der Waals surface area contributed by atoms with E-state index in [1.54, 1.807) is 36.1 Å². The molecule has 5 rings (SSSR count). The van der Waals surface area contributed by atoms with E-state index in [4.69, 9.17) is 15.9 Å². The van der Waals surface area contributed by atoms with E-state index in [0.717, 1.165) is 22.3 Å². The molecule has 0 spiro atoms. The third kappa shape index (κ3) is 9.99. The number of ether oxygens (including phenoxy) is 1. The predicted octanol–water partition coefficient (Wildman–Crippen LogP) is 7.15. The molecule has 0 aromatic heterocycles. The Hall–Kier alpha value is -6.02. The SMILES string of the molecule is CC(=O)C(Cc1ccc(-c2ccccc2)cc1)N(Cc1cccc(Oc2ccccc2)c1)C(=O)c1ccc(C(=N)N)cc1.CCC(N)=O. The first-order chi connectivity index (χ1) is 23.1. The lowest BCUT2D eigenvalue weighted by atomic mass is 9.97. The van der Waals surface area contributed by atoms with Crippen molar-refractivity contribution < 1.29 is 19.1 Å². The fourth-order valence-corrected chi connectivity index (χ4v) is 4.97. The molecule has 5 N–H and O–H groups in total. The van der Waals surface area contributed by atoms with Gasteiger partial charge in [0.2, 0.25) is 5.91 Å². The van der Waals surface area contributed by atoms with Crippen molar-refractivity contribution >= 4 is 23.4 Å². The molecular formula is C40H40N4O4. The molecule has 244 valence electrons. The third-order valence-corrected chi connectivity index (χ3v) is 7.62. The summed E-state index contributed by atoms with van der Waals surface area (Å²) in [6, 6.07) is 41.1. The van der Waals surface area contributed by atoms with Gasteiger partial charge in [-0.05, 0) is 72.0 Å². The second-order valence-electron chi connectivity index (χ2n) is 11.2. The molecule has 5 aromatic carbocycles. The molecule has 0 heterocycles. The van der Waals surface area contributed by atoms with Crippen LogP contribution in [0.1, 0.15) is 47.3 Å². The average Bonchev–Trinajstić information content (AvgIpc) is 3.11. The lowest BCUT2D eigenvalue weighted by molar-refractivity contribution is -0.121. The average molecular weight is 641 g/mol. The first-order valence-electron chi connectivity index (χ1n) is 15.6. The zero-order valence-electron chi connectivity index (χ0n) is 27.1. The summed E-state index contributed by atoms with van der Waals surface area (Å²) in [6.45, 7) is 3.45. The van der Waals surface area contributed by atoms with Crippen molar-refractivity contribution in [2.24, 2.45) is 11.5 Å². The van der Waals surface area contributed by atoms with Gasteiger partial charge in [-0.1, -0.05) is 104 Å². The van der Waals surface area contributed by atoms with Crippen molar-refractivity contribution in [3.63, 3.8) is 0 Å². The molecule has 0 aliphatic carbocycles. The van der Waals surface area contributed by atoms with Crippen LogP contribution in [0.3, 0.4) is 0 Å². The Morgan fingerprint density at radius 3 is 1.79 bits per heavy atom. The van der Waals surface area contributed by atoms with Crippen molar-refractivity contribution in [1.29, 1.82) is 5.41 Å². The van der Waals surface area contributed by atoms with Gasteiger partial charge in [0, 0.05) is 24.1 Å². The van der Waals surface area contributed by atoms with E-state index in [-0.39, 0.29) is 30.0 Å². The quantitative estimate of drug-likeness (QED) is 0.0981. The number of Topliss-reactive ketones (excluding diaryl/α,β-unsaturated/α-hetero) is 1. The van der Waals surface area contributed by atoms with Crippen LogP contribution in [0.4, 0.5) is 0 Å². The minimum absolute atomic E-state index is 0.0772. The van der Waals surface area contributed by atoms with E-state index in [9.17, 15) is 14.4 Å². The molecule has 48 heavy (non-hydrogen) atoms. The van der Waals surface area contributed by atoms with Gasteiger partial charge in [-0.25, -0.2) is 0 Å². The van der Waals surface area contributed by atoms with Crippen LogP contribution in [0.15, 0.2) is 133 Å². The van der Waals surface area contributed by atoms with Gasteiger partial charge in [-0.15, -0.1) is 0 Å². The molecule has 0 fully saturated rings. The Morgan fingerprint density at radius 2 is 1.23 bits per heavy atom. The zero-order chi connectivity index (χ0) is 34.5. The molecule has 8 nitrogen and oxygen atoms in total. The molecule has 0 radical (unpaired) electrons. The number of nitrogens with two attached hydrogens (primary N) is 2. The molecule has 1 unspecified atom stereocenters. The molecule has 0 saturated carbocycles. The number of hydrogen-bond donors (Lipinski definition) is 3. The molecular weight excluding hydrogens is 600 g/mol. The molecule has 0 aliphatic heterocycles. The summed E-state index contributed by atoms with van der Waals surface area (Å²) in [5.74, 6) is 0.622. The standard InChI is InChI=1S/C37H33N3O3.C3H7NO/c1-26(41)35(24-27-15-17-30(18-16-27)29-10-4-2-5-11-29)40(37(42)32-21-19-31(20-22-32)36(38)39)25-28-9-8-14-34(23-28)43-33-12-6-3-7-13-33;1-2-3(4)5/h2-23,35H,24-25H2,1H3,(H3,38,39);2H2,1H3,(H2,4,5). The predicted molar refractivity (Wildman–Crippen MR) is 190 cm³/mol. The number of hydrogen-bond acceptors (Lipinski definition) is 5. The van der Waals surface area contributed by atoms with Crippen LogP contribution in [0.25, 0.3) is 11.1 Å². The highest BCUT2D eigenvalue weighted by Crippen LogP contribution is 2.25. The van der Waals surface area contributed by atoms with Crippen LogP contribution in [0.2, 0.25) is 0 Å². The number of rotatable bonds is 12. The molecule has 0 bridgehead atoms. The second-order valence-corrected chi connectivity index (χ2v) is 11.2. The van der Waals surface area contributed by atoms with Gasteiger partial charge in [0.05, 0.1) is 6.04 Å². The molecule has 5 aromatic rings. The number of carbonyl (C=O) groups is 3. The van der Waals surface area contributed by atoms with Crippen LogP contribution in [0, 0.1) is 5.41 Å². The number of amides is 2. The van der Waals surface area contributed by atoms with Crippen LogP contribution >= 0.6 is 0 Å². The van der Waals surface area contributed by atoms with E-state index in [0.29, 0.717) is 35.5 Å². The molecule has 2 amide bonds. The van der Waals surface area contributed by atoms with Crippen LogP contribution in [-0.4, -0.2) is 34.4 Å². The van der Waals surface area contributed by atoms with E-state index < -0.39 is 6.04 Å². The maximum Gasteiger partial charge on any atom is 0.254 e. The van der Waals surface area contributed by atoms with Crippen LogP contribution in [0.5, 0.6) is 11.5 Å². The summed E-state index contributed by atoms with van der Waals surface area (Å²) in [5, 5.41) is 7.69. The number of nitrogens with zero attached hydrogens (tertiary/aromatic N) is 1. The zero-order valence-corrected chi connectivity index (χ0v) is 27.1. The topological polar surface area (TPSA) is 140 Å². The van der Waals surface area contributed by atoms with Gasteiger partial charge < -0.3 is 21.1 Å². The first-order valence-corrected chi connectivity index (χ1v) is 15.6. The van der Waals surface area contributed by atoms with Crippen LogP contribution < -0.4 is 16.2 Å². The van der Waals surface area contributed by atoms with Gasteiger partial charge >= 0.3 is 0 Å². The van der Waals surface area contributed by atoms with Gasteiger partial charge in [-0.3, -0.25) is 19.8 Å². The number of carbonyl (C=O) groups excluding carboxylic acids is 3. The highest BCUT2D eigenvalue weighted by Gasteiger charge is 2.29. The summed E-state index contributed by atoms with van der Waals surface area (Å²) in [7, 11) is 0. The summed E-state index contributed by atoms with van der Waals surface area (Å²) < 4.78 is 6.03. The number of para-hydroxylation sites is 1. The summed E-state index contributed by atoms with van der Waals surface area (Å²) in [5.41, 5.74) is 15.2. The number of amidine groups is 1. The first kappa shape index (κ1) is 34.8. The van der Waals surface area contributed by atoms with Gasteiger partial charge in [-0.2, -0.15) is 0 Å². The minimum atomic E-state index is -0.707. The smallest absolute Gasteiger partial charge is 0.254 e. The molecule has 8 heteroatoms. The Balaban J connectivity index is 0.000000968. The summed E-state index contributed by atoms with van der Waals surface area (Å²) in [4.78, 5) is 38.4. The fourth-order valence-electron chi connectivity index (χ4n) is 4.97. The van der Waals surface area contributed by atoms with Crippen molar-refractivity contribution in [3.05, 3.63) is 156 Å². The van der Waals surface area contributed by atoms with Gasteiger partial charge in [0.25, 0.3) is 5.91 Å². The minimum Gasteiger partial charge on any atom is -0.457 e. The highest BCUT2D eigenvalue weighted by atomic mass is 16.5. The number of ketones is 1. The normalized spacial score (nSPS) is 11.0. The van der Waals surface area contributed by atoms with Crippen molar-refractivity contribution in [2.45, 2.75) is 39.3 Å². The molecule has 0 saturated heterocycles. The van der Waals surface area contributed by atoms with E-state index in [1.807, 2.05) is 97.1 Å². The van der Waals surface area contributed by atoms with E-state index in [2.05, 4.69) is 17.9 Å². The highest BCUT2D eigenvalue weighted by molar-refractivity contribution is 6.00. The van der Waals surface area contributed by atoms with Crippen LogP contribution in [-0.2, 0) is 22.6 Å². The Bertz CT molecular complexity index is 1820. The Kier molecular flexibility index (Phi) is 12.4. The third-order valence-electron chi connectivity index (χ3n) is 7.62. The second kappa shape index (κ2) is 17.1. The Labute approximate surface area is 281 Å². The van der Waals surface area contributed by atoms with Crippen molar-refractivity contribution in [2.75, 3.05) is 0 Å². The monoisotopic (exact) mass is 640 g/mol. The number of primary amides is 1. The van der Waals surface area contributed by atoms with E-state index in [1.165, 1.54) is 6.92 Å². The summed E-state index contributed by atoms with van der Waals surface area (Å²) >= 11 is 0. The largest absolute Gasteiger partial charge is 0.457 e. The number of nitrogens with one attached hydrogen (secondary N) is 1. The lowest BCUT2D eigenvalue weighted by Gasteiger charge is -2.31. The lowest BCUT2D eigenvalue weighted by Crippen LogP contribution is -2.45. The number of nitrogen functional groups attached to an aromatic ring is 1.